The summed E-state index contributed by atoms with van der Waals surface area (Å²) in [5.41, 5.74) is 2.53. The normalized spacial score (nSPS) is 14.9. The molecule has 7 nitrogen and oxygen atoms in total. The molecule has 0 bridgehead atoms. The van der Waals surface area contributed by atoms with Crippen molar-refractivity contribution in [3.8, 4) is 17.1 Å². The molecule has 8 heteroatoms. The Hall–Kier alpha value is -3.26. The van der Waals surface area contributed by atoms with Gasteiger partial charge in [0.1, 0.15) is 5.69 Å². The van der Waals surface area contributed by atoms with Crippen LogP contribution in [0.4, 0.5) is 5.69 Å². The third-order valence-corrected chi connectivity index (χ3v) is 5.19. The molecule has 1 aliphatic rings. The molecule has 1 amide bonds. The molecular formula is C21H19N5O2S. The van der Waals surface area contributed by atoms with E-state index in [1.807, 2.05) is 49.4 Å². The van der Waals surface area contributed by atoms with E-state index in [-0.39, 0.29) is 5.91 Å². The van der Waals surface area contributed by atoms with Crippen LogP contribution >= 0.6 is 11.8 Å². The first kappa shape index (κ1) is 19.1. The zero-order chi connectivity index (χ0) is 20.2. The van der Waals surface area contributed by atoms with Crippen molar-refractivity contribution in [3.05, 3.63) is 67.0 Å². The van der Waals surface area contributed by atoms with Gasteiger partial charge in [0.15, 0.2) is 5.69 Å². The Morgan fingerprint density at radius 2 is 2.07 bits per heavy atom. The van der Waals surface area contributed by atoms with E-state index in [1.54, 1.807) is 17.2 Å². The van der Waals surface area contributed by atoms with Gasteiger partial charge in [0, 0.05) is 23.9 Å². The van der Waals surface area contributed by atoms with Crippen LogP contribution in [-0.4, -0.2) is 31.8 Å². The molecule has 0 N–H and O–H groups in total. The number of aromatic nitrogens is 4. The standard InChI is InChI=1S/C21H19N5O2S/c1-3-13-29-21-23-19-18(24-25-21)14-9-5-6-11-16(14)26(17(27)4-2)20(28-19)15-10-7-8-12-22-15/h3,5-12,20H,1,4,13H2,2H3/t20-/m1/s1. The summed E-state index contributed by atoms with van der Waals surface area (Å²) in [6.07, 6.45) is 3.00. The van der Waals surface area contributed by atoms with Gasteiger partial charge in [0.25, 0.3) is 0 Å². The molecule has 29 heavy (non-hydrogen) atoms. The monoisotopic (exact) mass is 405 g/mol. The molecular weight excluding hydrogens is 386 g/mol. The predicted octanol–water partition coefficient (Wildman–Crippen LogP) is 4.05. The van der Waals surface area contributed by atoms with Gasteiger partial charge in [-0.2, -0.15) is 4.98 Å². The first-order valence-corrected chi connectivity index (χ1v) is 10.2. The molecule has 0 fully saturated rings. The van der Waals surface area contributed by atoms with Crippen molar-refractivity contribution >= 4 is 23.4 Å². The van der Waals surface area contributed by atoms with Crippen LogP contribution in [-0.2, 0) is 4.79 Å². The fraction of sp³-hybridized carbons (Fsp3) is 0.190. The Morgan fingerprint density at radius 1 is 1.24 bits per heavy atom. The number of rotatable bonds is 5. The number of nitrogens with zero attached hydrogens (tertiary/aromatic N) is 5. The number of ether oxygens (including phenoxy) is 1. The first-order chi connectivity index (χ1) is 14.2. The van der Waals surface area contributed by atoms with Crippen molar-refractivity contribution in [2.75, 3.05) is 10.7 Å². The smallest absolute Gasteiger partial charge is 0.247 e. The SMILES string of the molecule is C=CCSc1nnc2c(n1)O[C@H](c1ccccn1)N(C(=O)CC)c1ccccc1-2. The van der Waals surface area contributed by atoms with Crippen LogP contribution in [0.5, 0.6) is 5.88 Å². The number of fused-ring (bicyclic) bond motifs is 3. The van der Waals surface area contributed by atoms with Crippen molar-refractivity contribution in [2.45, 2.75) is 24.7 Å². The fourth-order valence-corrected chi connectivity index (χ4v) is 3.58. The molecule has 0 saturated carbocycles. The molecule has 0 radical (unpaired) electrons. The highest BCUT2D eigenvalue weighted by molar-refractivity contribution is 7.99. The van der Waals surface area contributed by atoms with E-state index >= 15 is 0 Å². The average Bonchev–Trinajstić information content (AvgIpc) is 2.92. The summed E-state index contributed by atoms with van der Waals surface area (Å²) in [6.45, 7) is 5.54. The average molecular weight is 405 g/mol. The van der Waals surface area contributed by atoms with E-state index in [1.165, 1.54) is 11.8 Å². The van der Waals surface area contributed by atoms with Crippen LogP contribution < -0.4 is 9.64 Å². The molecule has 0 unspecified atom stereocenters. The summed E-state index contributed by atoms with van der Waals surface area (Å²) in [4.78, 5) is 23.6. The lowest BCUT2D eigenvalue weighted by atomic mass is 10.1. The number of amides is 1. The Labute approximate surface area is 172 Å². The lowest BCUT2D eigenvalue weighted by Crippen LogP contribution is -2.37. The Bertz CT molecular complexity index is 1040. The van der Waals surface area contributed by atoms with E-state index < -0.39 is 6.23 Å². The number of hydrogen-bond donors (Lipinski definition) is 0. The number of anilines is 1. The quantitative estimate of drug-likeness (QED) is 0.468. The molecule has 4 rings (SSSR count). The predicted molar refractivity (Wildman–Crippen MR) is 112 cm³/mol. The van der Waals surface area contributed by atoms with E-state index in [0.29, 0.717) is 40.3 Å². The van der Waals surface area contributed by atoms with Gasteiger partial charge in [-0.3, -0.25) is 14.7 Å². The molecule has 0 spiro atoms. The van der Waals surface area contributed by atoms with Crippen LogP contribution in [0.25, 0.3) is 11.3 Å². The van der Waals surface area contributed by atoms with Crippen molar-refractivity contribution in [1.82, 2.24) is 20.2 Å². The van der Waals surface area contributed by atoms with E-state index in [0.717, 1.165) is 5.56 Å². The van der Waals surface area contributed by atoms with Gasteiger partial charge < -0.3 is 4.74 Å². The second kappa shape index (κ2) is 8.40. The van der Waals surface area contributed by atoms with Gasteiger partial charge >= 0.3 is 0 Å². The minimum Gasteiger partial charge on any atom is -0.445 e. The fourth-order valence-electron chi connectivity index (χ4n) is 3.06. The molecule has 3 heterocycles. The third kappa shape index (κ3) is 3.71. The van der Waals surface area contributed by atoms with E-state index in [9.17, 15) is 4.79 Å². The minimum absolute atomic E-state index is 0.0878. The van der Waals surface area contributed by atoms with Crippen molar-refractivity contribution in [1.29, 1.82) is 0 Å². The topological polar surface area (TPSA) is 81.1 Å². The maximum atomic E-state index is 13.0. The maximum Gasteiger partial charge on any atom is 0.247 e. The lowest BCUT2D eigenvalue weighted by Gasteiger charge is -2.29. The number of carbonyl (C=O) groups excluding carboxylic acids is 1. The summed E-state index contributed by atoms with van der Waals surface area (Å²) in [5.74, 6) is 0.887. The molecule has 3 aromatic rings. The van der Waals surface area contributed by atoms with Crippen LogP contribution in [0.3, 0.4) is 0 Å². The Morgan fingerprint density at radius 3 is 2.83 bits per heavy atom. The zero-order valence-corrected chi connectivity index (χ0v) is 16.7. The molecule has 0 aliphatic carbocycles. The van der Waals surface area contributed by atoms with Gasteiger partial charge in [-0.25, -0.2) is 0 Å². The van der Waals surface area contributed by atoms with E-state index in [2.05, 4.69) is 26.7 Å². The van der Waals surface area contributed by atoms with E-state index in [4.69, 9.17) is 4.74 Å². The number of carbonyl (C=O) groups is 1. The highest BCUT2D eigenvalue weighted by Gasteiger charge is 2.35. The summed E-state index contributed by atoms with van der Waals surface area (Å²) < 4.78 is 6.27. The molecule has 2 aromatic heterocycles. The molecule has 1 atom stereocenters. The van der Waals surface area contributed by atoms with Gasteiger partial charge in [-0.15, -0.1) is 16.8 Å². The number of hydrogen-bond acceptors (Lipinski definition) is 7. The second-order valence-electron chi connectivity index (χ2n) is 6.21. The second-order valence-corrected chi connectivity index (χ2v) is 7.19. The molecule has 1 aromatic carbocycles. The van der Waals surface area contributed by atoms with Crippen LogP contribution in [0.15, 0.2) is 66.5 Å². The first-order valence-electron chi connectivity index (χ1n) is 9.20. The Kier molecular flexibility index (Phi) is 5.53. The summed E-state index contributed by atoms with van der Waals surface area (Å²) >= 11 is 1.41. The summed E-state index contributed by atoms with van der Waals surface area (Å²) in [6, 6.07) is 13.0. The number of pyridine rings is 1. The highest BCUT2D eigenvalue weighted by Crippen LogP contribution is 2.43. The Balaban J connectivity index is 1.91. The molecule has 1 aliphatic heterocycles. The van der Waals surface area contributed by atoms with Gasteiger partial charge in [-0.05, 0) is 18.2 Å². The summed E-state index contributed by atoms with van der Waals surface area (Å²) in [7, 11) is 0. The number of benzene rings is 1. The molecule has 0 saturated heterocycles. The number of thioether (sulfide) groups is 1. The number of para-hydroxylation sites is 1. The van der Waals surface area contributed by atoms with Crippen molar-refractivity contribution in [3.63, 3.8) is 0 Å². The zero-order valence-electron chi connectivity index (χ0n) is 15.9. The van der Waals surface area contributed by atoms with Crippen molar-refractivity contribution in [2.24, 2.45) is 0 Å². The highest BCUT2D eigenvalue weighted by atomic mass is 32.2. The maximum absolute atomic E-state index is 13.0. The van der Waals surface area contributed by atoms with Gasteiger partial charge in [0.2, 0.25) is 23.2 Å². The van der Waals surface area contributed by atoms with Crippen LogP contribution in [0, 0.1) is 0 Å². The lowest BCUT2D eigenvalue weighted by molar-refractivity contribution is -0.120. The van der Waals surface area contributed by atoms with Gasteiger partial charge in [0.05, 0.1) is 5.69 Å². The van der Waals surface area contributed by atoms with Crippen LogP contribution in [0.1, 0.15) is 25.3 Å². The summed E-state index contributed by atoms with van der Waals surface area (Å²) in [5, 5.41) is 9.07. The minimum atomic E-state index is -0.764. The largest absolute Gasteiger partial charge is 0.445 e. The third-order valence-electron chi connectivity index (χ3n) is 4.35. The molecule has 146 valence electrons. The van der Waals surface area contributed by atoms with Crippen molar-refractivity contribution < 1.29 is 9.53 Å². The van der Waals surface area contributed by atoms with Crippen LogP contribution in [0.2, 0.25) is 0 Å². The van der Waals surface area contributed by atoms with Gasteiger partial charge in [-0.1, -0.05) is 49.0 Å².